The molecule has 0 amide bonds. The van der Waals surface area contributed by atoms with Gasteiger partial charge >= 0.3 is 0 Å². The molecule has 86 valence electrons. The van der Waals surface area contributed by atoms with Crippen molar-refractivity contribution in [3.63, 3.8) is 0 Å². The minimum absolute atomic E-state index is 0.0649. The zero-order valence-corrected chi connectivity index (χ0v) is 9.95. The minimum Gasteiger partial charge on any atom is -0.379 e. The van der Waals surface area contributed by atoms with E-state index in [0.29, 0.717) is 6.54 Å². The predicted octanol–water partition coefficient (Wildman–Crippen LogP) is 0.720. The molecular weight excluding hydrogens is 192 g/mol. The first-order valence-electron chi connectivity index (χ1n) is 5.14. The van der Waals surface area contributed by atoms with Gasteiger partial charge in [0.05, 0.1) is 12.1 Å². The molecule has 5 nitrogen and oxygen atoms in total. The van der Waals surface area contributed by atoms with Gasteiger partial charge in [-0.3, -0.25) is 4.68 Å². The Labute approximate surface area is 90.8 Å². The largest absolute Gasteiger partial charge is 0.379 e. The topological polar surface area (TPSA) is 52.0 Å². The molecule has 0 atom stereocenters. The van der Waals surface area contributed by atoms with Crippen molar-refractivity contribution in [2.75, 3.05) is 13.7 Å². The van der Waals surface area contributed by atoms with E-state index in [9.17, 15) is 0 Å². The lowest BCUT2D eigenvalue weighted by molar-refractivity contribution is 0.0158. The summed E-state index contributed by atoms with van der Waals surface area (Å²) in [6.45, 7) is 5.77. The molecule has 0 fully saturated rings. The van der Waals surface area contributed by atoms with Crippen molar-refractivity contribution in [3.8, 4) is 0 Å². The second-order valence-corrected chi connectivity index (χ2v) is 4.23. The molecule has 5 heteroatoms. The third-order valence-corrected chi connectivity index (χ3v) is 2.39. The quantitative estimate of drug-likeness (QED) is 0.706. The van der Waals surface area contributed by atoms with Crippen molar-refractivity contribution in [1.82, 2.24) is 20.1 Å². The number of nitrogens with zero attached hydrogens (tertiary/aromatic N) is 3. The zero-order valence-electron chi connectivity index (χ0n) is 9.95. The van der Waals surface area contributed by atoms with Gasteiger partial charge in [0, 0.05) is 14.2 Å². The van der Waals surface area contributed by atoms with Crippen LogP contribution in [0.1, 0.15) is 26.1 Å². The summed E-state index contributed by atoms with van der Waals surface area (Å²) in [5.74, 6) is 0.827. The average molecular weight is 212 g/mol. The number of nitrogens with one attached hydrogen (secondary N) is 1. The first-order chi connectivity index (χ1) is 7.03. The molecule has 0 unspecified atom stereocenters. The van der Waals surface area contributed by atoms with Crippen LogP contribution < -0.4 is 5.32 Å². The van der Waals surface area contributed by atoms with E-state index in [4.69, 9.17) is 4.74 Å². The third-order valence-electron chi connectivity index (χ3n) is 2.39. The highest BCUT2D eigenvalue weighted by Crippen LogP contribution is 2.11. The van der Waals surface area contributed by atoms with Gasteiger partial charge in [-0.2, -0.15) is 5.10 Å². The Morgan fingerprint density at radius 3 is 2.80 bits per heavy atom. The molecule has 15 heavy (non-hydrogen) atoms. The fraction of sp³-hybridized carbons (Fsp3) is 0.800. The molecule has 0 aliphatic carbocycles. The smallest absolute Gasteiger partial charge is 0.164 e. The predicted molar refractivity (Wildman–Crippen MR) is 58.4 cm³/mol. The van der Waals surface area contributed by atoms with Gasteiger partial charge in [0.15, 0.2) is 5.82 Å². The SMILES string of the molecule is COC(C)(C)CCNCc1ncn(C)n1. The van der Waals surface area contributed by atoms with Crippen LogP contribution >= 0.6 is 0 Å². The van der Waals surface area contributed by atoms with Crippen LogP contribution in [0.5, 0.6) is 0 Å². The molecule has 1 N–H and O–H groups in total. The van der Waals surface area contributed by atoms with Crippen molar-refractivity contribution in [3.05, 3.63) is 12.2 Å². The first-order valence-corrected chi connectivity index (χ1v) is 5.14. The Bertz CT molecular complexity index is 295. The molecule has 1 aromatic heterocycles. The van der Waals surface area contributed by atoms with E-state index in [2.05, 4.69) is 29.2 Å². The third kappa shape index (κ3) is 4.40. The summed E-state index contributed by atoms with van der Waals surface area (Å²) in [6.07, 6.45) is 2.67. The maximum Gasteiger partial charge on any atom is 0.164 e. The lowest BCUT2D eigenvalue weighted by atomic mass is 10.1. The summed E-state index contributed by atoms with van der Waals surface area (Å²) in [6, 6.07) is 0. The number of rotatable bonds is 6. The molecular formula is C10H20N4O. The van der Waals surface area contributed by atoms with Crippen LogP contribution in [0.4, 0.5) is 0 Å². The van der Waals surface area contributed by atoms with Crippen LogP contribution in [-0.4, -0.2) is 34.0 Å². The molecule has 0 aromatic carbocycles. The lowest BCUT2D eigenvalue weighted by Crippen LogP contribution is -2.28. The van der Waals surface area contributed by atoms with Crippen molar-refractivity contribution >= 4 is 0 Å². The Balaban J connectivity index is 2.17. The molecule has 1 heterocycles. The van der Waals surface area contributed by atoms with E-state index in [1.54, 1.807) is 18.1 Å². The average Bonchev–Trinajstić information content (AvgIpc) is 2.59. The molecule has 0 aliphatic heterocycles. The van der Waals surface area contributed by atoms with Crippen molar-refractivity contribution in [2.45, 2.75) is 32.4 Å². The van der Waals surface area contributed by atoms with E-state index in [1.807, 2.05) is 7.05 Å². The summed E-state index contributed by atoms with van der Waals surface area (Å²) in [7, 11) is 3.60. The van der Waals surface area contributed by atoms with E-state index in [0.717, 1.165) is 18.8 Å². The van der Waals surface area contributed by atoms with Crippen LogP contribution in [0.25, 0.3) is 0 Å². The van der Waals surface area contributed by atoms with Crippen molar-refractivity contribution in [2.24, 2.45) is 7.05 Å². The van der Waals surface area contributed by atoms with E-state index in [-0.39, 0.29) is 5.60 Å². The van der Waals surface area contributed by atoms with Gasteiger partial charge in [0.1, 0.15) is 6.33 Å². The number of ether oxygens (including phenoxy) is 1. The second kappa shape index (κ2) is 5.23. The molecule has 0 aliphatic rings. The summed E-state index contributed by atoms with van der Waals surface area (Å²) in [4.78, 5) is 4.13. The number of hydrogen-bond acceptors (Lipinski definition) is 4. The van der Waals surface area contributed by atoms with Gasteiger partial charge < -0.3 is 10.1 Å². The van der Waals surface area contributed by atoms with Crippen LogP contribution in [0.2, 0.25) is 0 Å². The maximum absolute atomic E-state index is 5.32. The van der Waals surface area contributed by atoms with Crippen LogP contribution in [0, 0.1) is 0 Å². The standard InChI is InChI=1S/C10H20N4O/c1-10(2,15-4)5-6-11-7-9-12-8-14(3)13-9/h8,11H,5-7H2,1-4H3. The number of methoxy groups -OCH3 is 1. The van der Waals surface area contributed by atoms with Gasteiger partial charge in [-0.15, -0.1) is 0 Å². The molecule has 0 spiro atoms. The number of hydrogen-bond donors (Lipinski definition) is 1. The maximum atomic E-state index is 5.32. The normalized spacial score (nSPS) is 12.0. The van der Waals surface area contributed by atoms with E-state index < -0.39 is 0 Å². The fourth-order valence-electron chi connectivity index (χ4n) is 1.16. The van der Waals surface area contributed by atoms with Crippen LogP contribution in [0.15, 0.2) is 6.33 Å². The Hall–Kier alpha value is -0.940. The molecule has 0 radical (unpaired) electrons. The molecule has 0 saturated heterocycles. The molecule has 1 rings (SSSR count). The molecule has 1 aromatic rings. The zero-order chi connectivity index (χ0) is 11.3. The lowest BCUT2D eigenvalue weighted by Gasteiger charge is -2.22. The van der Waals surface area contributed by atoms with Gasteiger partial charge in [-0.1, -0.05) is 0 Å². The van der Waals surface area contributed by atoms with Gasteiger partial charge in [0.25, 0.3) is 0 Å². The summed E-state index contributed by atoms with van der Waals surface area (Å²) in [5, 5.41) is 7.46. The summed E-state index contributed by atoms with van der Waals surface area (Å²) < 4.78 is 7.02. The molecule has 0 saturated carbocycles. The van der Waals surface area contributed by atoms with Crippen molar-refractivity contribution < 1.29 is 4.74 Å². The Kier molecular flexibility index (Phi) is 4.23. The van der Waals surface area contributed by atoms with E-state index in [1.165, 1.54) is 0 Å². The monoisotopic (exact) mass is 212 g/mol. The van der Waals surface area contributed by atoms with Gasteiger partial charge in [-0.25, -0.2) is 4.98 Å². The highest BCUT2D eigenvalue weighted by molar-refractivity contribution is 4.80. The number of aromatic nitrogens is 3. The number of aryl methyl sites for hydroxylation is 1. The van der Waals surface area contributed by atoms with E-state index >= 15 is 0 Å². The summed E-state index contributed by atoms with van der Waals surface area (Å²) >= 11 is 0. The molecule has 0 bridgehead atoms. The fourth-order valence-corrected chi connectivity index (χ4v) is 1.16. The highest BCUT2D eigenvalue weighted by Gasteiger charge is 2.14. The van der Waals surface area contributed by atoms with Gasteiger partial charge in [0.2, 0.25) is 0 Å². The minimum atomic E-state index is -0.0649. The van der Waals surface area contributed by atoms with Crippen LogP contribution in [-0.2, 0) is 18.3 Å². The van der Waals surface area contributed by atoms with Crippen molar-refractivity contribution in [1.29, 1.82) is 0 Å². The van der Waals surface area contributed by atoms with Crippen LogP contribution in [0.3, 0.4) is 0 Å². The van der Waals surface area contributed by atoms with Gasteiger partial charge in [-0.05, 0) is 26.8 Å². The second-order valence-electron chi connectivity index (χ2n) is 4.23. The first kappa shape index (κ1) is 12.1. The Morgan fingerprint density at radius 1 is 1.53 bits per heavy atom. The summed E-state index contributed by atoms with van der Waals surface area (Å²) in [5.41, 5.74) is -0.0649. The Morgan fingerprint density at radius 2 is 2.27 bits per heavy atom. The highest BCUT2D eigenvalue weighted by atomic mass is 16.5.